The second-order valence-electron chi connectivity index (χ2n) is 9.97. The minimum atomic E-state index is -0.273. The molecule has 8 heteroatoms. The van der Waals surface area contributed by atoms with Crippen molar-refractivity contribution in [3.63, 3.8) is 0 Å². The monoisotopic (exact) mass is 535 g/mol. The summed E-state index contributed by atoms with van der Waals surface area (Å²) in [4.78, 5) is 40.1. The Morgan fingerprint density at radius 1 is 0.900 bits per heavy atom. The first-order chi connectivity index (χ1) is 19.5. The lowest BCUT2D eigenvalue weighted by Gasteiger charge is -2.28. The smallest absolute Gasteiger partial charge is 0.256 e. The fourth-order valence-electron chi connectivity index (χ4n) is 4.73. The van der Waals surface area contributed by atoms with Gasteiger partial charge in [-0.25, -0.2) is 0 Å². The molecule has 0 aliphatic carbocycles. The summed E-state index contributed by atoms with van der Waals surface area (Å²) in [6, 6.07) is 23.3. The van der Waals surface area contributed by atoms with Crippen molar-refractivity contribution in [2.45, 2.75) is 19.5 Å². The minimum Gasteiger partial charge on any atom is -0.467 e. The maximum absolute atomic E-state index is 13.9. The van der Waals surface area contributed by atoms with E-state index >= 15 is 0 Å². The summed E-state index contributed by atoms with van der Waals surface area (Å²) in [7, 11) is 4.00. The zero-order chi connectivity index (χ0) is 27.9. The van der Waals surface area contributed by atoms with Gasteiger partial charge in [0.05, 0.1) is 18.4 Å². The van der Waals surface area contributed by atoms with E-state index in [0.717, 1.165) is 27.7 Å². The molecule has 8 nitrogen and oxygen atoms in total. The second-order valence-corrected chi connectivity index (χ2v) is 9.97. The van der Waals surface area contributed by atoms with Crippen LogP contribution in [0.4, 0.5) is 5.69 Å². The summed E-state index contributed by atoms with van der Waals surface area (Å²) in [5.74, 6) is 0.194. The van der Waals surface area contributed by atoms with E-state index in [1.807, 2.05) is 72.6 Å². The molecule has 5 rings (SSSR count). The number of benzene rings is 2. The highest BCUT2D eigenvalue weighted by atomic mass is 16.3. The summed E-state index contributed by atoms with van der Waals surface area (Å²) in [6.45, 7) is 1.04. The molecule has 0 spiro atoms. The number of H-pyrrole nitrogens is 1. The molecule has 5 aromatic rings. The van der Waals surface area contributed by atoms with Crippen LogP contribution in [0.5, 0.6) is 0 Å². The van der Waals surface area contributed by atoms with Crippen LogP contribution >= 0.6 is 0 Å². The van der Waals surface area contributed by atoms with Crippen LogP contribution in [0.2, 0.25) is 0 Å². The van der Waals surface area contributed by atoms with E-state index in [1.54, 1.807) is 36.7 Å². The van der Waals surface area contributed by atoms with Crippen molar-refractivity contribution in [2.24, 2.45) is 0 Å². The number of anilines is 1. The van der Waals surface area contributed by atoms with Crippen LogP contribution in [-0.4, -0.2) is 58.8 Å². The van der Waals surface area contributed by atoms with Gasteiger partial charge in [-0.05, 0) is 60.0 Å². The Kier molecular flexibility index (Phi) is 8.25. The van der Waals surface area contributed by atoms with Crippen LogP contribution in [0.15, 0.2) is 102 Å². The Morgan fingerprint density at radius 3 is 2.45 bits per heavy atom. The van der Waals surface area contributed by atoms with Crippen LogP contribution in [0.3, 0.4) is 0 Å². The normalized spacial score (nSPS) is 10.9. The standard InChI is InChI=1S/C32H33N5O3/c1-35(2)27-13-11-24(12-14-27)21-36(17-15-25-20-34-30-10-4-3-9-29(25)30)31(38)23-37(22-28-8-6-18-40-28)32(39)26-7-5-16-33-19-26/h3-14,16,18-20,34H,15,17,21-23H2,1-2H3. The van der Waals surface area contributed by atoms with Crippen LogP contribution in [-0.2, 0) is 24.3 Å². The summed E-state index contributed by atoms with van der Waals surface area (Å²) >= 11 is 0. The fraction of sp³-hybridized carbons (Fsp3) is 0.219. The molecule has 1 N–H and O–H groups in total. The molecule has 3 heterocycles. The van der Waals surface area contributed by atoms with Crippen LogP contribution < -0.4 is 4.90 Å². The van der Waals surface area contributed by atoms with E-state index in [1.165, 1.54) is 11.1 Å². The largest absolute Gasteiger partial charge is 0.467 e. The number of carbonyl (C=O) groups is 2. The molecule has 3 aromatic heterocycles. The van der Waals surface area contributed by atoms with Gasteiger partial charge in [0.15, 0.2) is 0 Å². The molecule has 2 aromatic carbocycles. The minimum absolute atomic E-state index is 0.0852. The molecule has 0 bridgehead atoms. The average Bonchev–Trinajstić information content (AvgIpc) is 3.65. The third-order valence-corrected chi connectivity index (χ3v) is 6.95. The lowest BCUT2D eigenvalue weighted by atomic mass is 10.1. The van der Waals surface area contributed by atoms with E-state index in [2.05, 4.69) is 16.0 Å². The number of rotatable bonds is 11. The van der Waals surface area contributed by atoms with Crippen molar-refractivity contribution in [1.82, 2.24) is 19.8 Å². The molecule has 0 saturated carbocycles. The molecule has 0 aliphatic heterocycles. The maximum atomic E-state index is 13.9. The zero-order valence-corrected chi connectivity index (χ0v) is 22.8. The number of nitrogens with zero attached hydrogens (tertiary/aromatic N) is 4. The Hall–Kier alpha value is -4.85. The van der Waals surface area contributed by atoms with Crippen LogP contribution in [0, 0.1) is 0 Å². The van der Waals surface area contributed by atoms with Gasteiger partial charge in [-0.3, -0.25) is 14.6 Å². The van der Waals surface area contributed by atoms with E-state index in [4.69, 9.17) is 4.42 Å². The summed E-state index contributed by atoms with van der Waals surface area (Å²) < 4.78 is 5.51. The van der Waals surface area contributed by atoms with Crippen molar-refractivity contribution in [3.05, 3.63) is 120 Å². The van der Waals surface area contributed by atoms with Gasteiger partial charge in [-0.1, -0.05) is 30.3 Å². The SMILES string of the molecule is CN(C)c1ccc(CN(CCc2c[nH]c3ccccc23)C(=O)CN(Cc2ccco2)C(=O)c2cccnc2)cc1. The number of pyridine rings is 1. The zero-order valence-electron chi connectivity index (χ0n) is 22.8. The van der Waals surface area contributed by atoms with Gasteiger partial charge in [0.2, 0.25) is 5.91 Å². The lowest BCUT2D eigenvalue weighted by molar-refractivity contribution is -0.132. The van der Waals surface area contributed by atoms with E-state index in [0.29, 0.717) is 30.8 Å². The molecular weight excluding hydrogens is 502 g/mol. The first-order valence-corrected chi connectivity index (χ1v) is 13.3. The molecule has 0 aliphatic rings. The molecule has 204 valence electrons. The molecule has 0 unspecified atom stereocenters. The molecule has 0 radical (unpaired) electrons. The molecule has 2 amide bonds. The Labute approximate surface area is 233 Å². The van der Waals surface area contributed by atoms with Crippen molar-refractivity contribution < 1.29 is 14.0 Å². The van der Waals surface area contributed by atoms with Crippen molar-refractivity contribution in [3.8, 4) is 0 Å². The maximum Gasteiger partial charge on any atom is 0.256 e. The third-order valence-electron chi connectivity index (χ3n) is 6.95. The number of aromatic nitrogens is 2. The fourth-order valence-corrected chi connectivity index (χ4v) is 4.73. The number of nitrogens with one attached hydrogen (secondary N) is 1. The van der Waals surface area contributed by atoms with Crippen molar-refractivity contribution >= 4 is 28.4 Å². The number of hydrogen-bond acceptors (Lipinski definition) is 5. The molecule has 0 atom stereocenters. The highest BCUT2D eigenvalue weighted by Crippen LogP contribution is 2.20. The third kappa shape index (κ3) is 6.40. The van der Waals surface area contributed by atoms with Gasteiger partial charge in [-0.2, -0.15) is 0 Å². The van der Waals surface area contributed by atoms with E-state index in [9.17, 15) is 9.59 Å². The predicted octanol–water partition coefficient (Wildman–Crippen LogP) is 5.14. The van der Waals surface area contributed by atoms with Gasteiger partial charge < -0.3 is 24.1 Å². The number of aromatic amines is 1. The van der Waals surface area contributed by atoms with Crippen LogP contribution in [0.25, 0.3) is 10.9 Å². The highest BCUT2D eigenvalue weighted by molar-refractivity contribution is 5.96. The number of carbonyl (C=O) groups excluding carboxylic acids is 2. The highest BCUT2D eigenvalue weighted by Gasteiger charge is 2.24. The number of hydrogen-bond donors (Lipinski definition) is 1. The van der Waals surface area contributed by atoms with Gasteiger partial charge in [-0.15, -0.1) is 0 Å². The number of para-hydroxylation sites is 1. The van der Waals surface area contributed by atoms with Gasteiger partial charge >= 0.3 is 0 Å². The van der Waals surface area contributed by atoms with Gasteiger partial charge in [0.1, 0.15) is 12.3 Å². The number of amides is 2. The molecule has 40 heavy (non-hydrogen) atoms. The average molecular weight is 536 g/mol. The van der Waals surface area contributed by atoms with Gasteiger partial charge in [0.25, 0.3) is 5.91 Å². The second kappa shape index (κ2) is 12.3. The molecule has 0 fully saturated rings. The van der Waals surface area contributed by atoms with E-state index in [-0.39, 0.29) is 24.9 Å². The Morgan fingerprint density at radius 2 is 1.73 bits per heavy atom. The Bertz CT molecular complexity index is 1540. The molecule has 0 saturated heterocycles. The lowest BCUT2D eigenvalue weighted by Crippen LogP contribution is -2.43. The summed E-state index contributed by atoms with van der Waals surface area (Å²) in [6.07, 6.45) is 7.39. The van der Waals surface area contributed by atoms with Crippen molar-refractivity contribution in [2.75, 3.05) is 32.1 Å². The topological polar surface area (TPSA) is 85.7 Å². The predicted molar refractivity (Wildman–Crippen MR) is 156 cm³/mol. The van der Waals surface area contributed by atoms with E-state index < -0.39 is 0 Å². The van der Waals surface area contributed by atoms with Crippen molar-refractivity contribution in [1.29, 1.82) is 0 Å². The first kappa shape index (κ1) is 26.7. The summed E-state index contributed by atoms with van der Waals surface area (Å²) in [5, 5.41) is 1.15. The summed E-state index contributed by atoms with van der Waals surface area (Å²) in [5.41, 5.74) is 4.75. The van der Waals surface area contributed by atoms with Crippen LogP contribution in [0.1, 0.15) is 27.2 Å². The van der Waals surface area contributed by atoms with Gasteiger partial charge in [0, 0.05) is 62.4 Å². The Balaban J connectivity index is 1.38. The first-order valence-electron chi connectivity index (χ1n) is 13.3. The number of fused-ring (bicyclic) bond motifs is 1. The quantitative estimate of drug-likeness (QED) is 0.253. The number of furan rings is 1. The molecular formula is C32H33N5O3.